The minimum atomic E-state index is 0.467. The van der Waals surface area contributed by atoms with E-state index in [2.05, 4.69) is 30.8 Å². The van der Waals surface area contributed by atoms with E-state index < -0.39 is 0 Å². The average molecular weight is 289 g/mol. The van der Waals surface area contributed by atoms with Crippen LogP contribution in [0, 0.1) is 0 Å². The second kappa shape index (κ2) is 5.10. The largest absolute Gasteiger partial charge is 0.310 e. The minimum absolute atomic E-state index is 0.467. The molecule has 2 saturated carbocycles. The predicted molar refractivity (Wildman–Crippen MR) is 72.1 cm³/mol. The molecule has 104 valence electrons. The van der Waals surface area contributed by atoms with Gasteiger partial charge in [-0.1, -0.05) is 0 Å². The Labute approximate surface area is 120 Å². The summed E-state index contributed by atoms with van der Waals surface area (Å²) in [6.07, 6.45) is 8.64. The average Bonchev–Trinajstić information content (AvgIpc) is 3.39. The molecule has 0 saturated heterocycles. The Balaban J connectivity index is 1.41. The van der Waals surface area contributed by atoms with Crippen LogP contribution in [0.3, 0.4) is 0 Å². The molecule has 0 radical (unpaired) electrons. The van der Waals surface area contributed by atoms with Gasteiger partial charge in [-0.25, -0.2) is 14.6 Å². The smallest absolute Gasteiger partial charge is 0.217 e. The molecule has 20 heavy (non-hydrogen) atoms. The Morgan fingerprint density at radius 1 is 1.20 bits per heavy atom. The highest BCUT2D eigenvalue weighted by atomic mass is 32.2. The van der Waals surface area contributed by atoms with Crippen LogP contribution in [0.2, 0.25) is 0 Å². The first-order valence-electron chi connectivity index (χ1n) is 6.88. The lowest BCUT2D eigenvalue weighted by Gasteiger charge is -2.03. The zero-order valence-corrected chi connectivity index (χ0v) is 11.8. The first-order valence-corrected chi connectivity index (χ1v) is 7.70. The summed E-state index contributed by atoms with van der Waals surface area (Å²) in [6, 6.07) is 1.17. The maximum absolute atomic E-state index is 4.38. The molecule has 2 aliphatic carbocycles. The molecule has 0 aromatic carbocycles. The van der Waals surface area contributed by atoms with Crippen LogP contribution in [0.4, 0.5) is 0 Å². The summed E-state index contributed by atoms with van der Waals surface area (Å²) < 4.78 is 1.87. The van der Waals surface area contributed by atoms with Crippen molar-refractivity contribution in [3.05, 3.63) is 18.0 Å². The number of aromatic nitrogens is 6. The molecule has 0 atom stereocenters. The van der Waals surface area contributed by atoms with Gasteiger partial charge in [0.15, 0.2) is 5.16 Å². The molecule has 0 bridgehead atoms. The maximum Gasteiger partial charge on any atom is 0.217 e. The van der Waals surface area contributed by atoms with E-state index in [0.29, 0.717) is 17.2 Å². The Bertz CT molecular complexity index is 588. The van der Waals surface area contributed by atoms with Crippen molar-refractivity contribution in [3.63, 3.8) is 0 Å². The summed E-state index contributed by atoms with van der Waals surface area (Å²) in [7, 11) is 0. The monoisotopic (exact) mass is 289 g/mol. The highest BCUT2D eigenvalue weighted by Gasteiger charge is 2.28. The summed E-state index contributed by atoms with van der Waals surface area (Å²) in [4.78, 5) is 8.75. The molecule has 2 aromatic rings. The third-order valence-corrected chi connectivity index (χ3v) is 4.24. The fourth-order valence-corrected chi connectivity index (χ4v) is 2.65. The van der Waals surface area contributed by atoms with Gasteiger partial charge in [0.05, 0.1) is 6.04 Å². The van der Waals surface area contributed by atoms with Crippen LogP contribution in [0.25, 0.3) is 0 Å². The van der Waals surface area contributed by atoms with Gasteiger partial charge < -0.3 is 5.32 Å². The van der Waals surface area contributed by atoms with Crippen molar-refractivity contribution in [1.29, 1.82) is 0 Å². The van der Waals surface area contributed by atoms with Crippen LogP contribution < -0.4 is 5.32 Å². The standard InChI is InChI=1S/C12H15N7S/c1-2-9(1)13-5-8-6-14-11(15-7-8)20-12-16-17-18-19(12)10-3-4-10/h6-7,9-10,13H,1-5H2. The summed E-state index contributed by atoms with van der Waals surface area (Å²) in [5.74, 6) is 0. The summed E-state index contributed by atoms with van der Waals surface area (Å²) in [5.41, 5.74) is 1.11. The first-order chi connectivity index (χ1) is 9.88. The zero-order valence-electron chi connectivity index (χ0n) is 10.9. The Hall–Kier alpha value is -1.54. The topological polar surface area (TPSA) is 81.4 Å². The van der Waals surface area contributed by atoms with Crippen LogP contribution in [0.1, 0.15) is 37.3 Å². The number of nitrogens with one attached hydrogen (secondary N) is 1. The molecule has 1 N–H and O–H groups in total. The number of rotatable bonds is 6. The molecule has 0 unspecified atom stereocenters. The molecular weight excluding hydrogens is 274 g/mol. The highest BCUT2D eigenvalue weighted by molar-refractivity contribution is 7.99. The van der Waals surface area contributed by atoms with Crippen molar-refractivity contribution in [2.75, 3.05) is 0 Å². The number of hydrogen-bond acceptors (Lipinski definition) is 7. The molecular formula is C12H15N7S. The predicted octanol–water partition coefficient (Wildman–Crippen LogP) is 1.20. The van der Waals surface area contributed by atoms with Crippen LogP contribution in [-0.4, -0.2) is 36.2 Å². The van der Waals surface area contributed by atoms with Crippen molar-refractivity contribution >= 4 is 11.8 Å². The van der Waals surface area contributed by atoms with Gasteiger partial charge in [-0.2, -0.15) is 0 Å². The van der Waals surface area contributed by atoms with Gasteiger partial charge in [0.1, 0.15) is 0 Å². The first kappa shape index (κ1) is 12.2. The molecule has 2 heterocycles. The van der Waals surface area contributed by atoms with Crippen LogP contribution >= 0.6 is 11.8 Å². The third-order valence-electron chi connectivity index (χ3n) is 3.39. The summed E-state index contributed by atoms with van der Waals surface area (Å²) in [5, 5.41) is 16.7. The van der Waals surface area contributed by atoms with Gasteiger partial charge in [0.25, 0.3) is 0 Å². The van der Waals surface area contributed by atoms with Crippen LogP contribution in [0.5, 0.6) is 0 Å². The zero-order chi connectivity index (χ0) is 13.4. The highest BCUT2D eigenvalue weighted by Crippen LogP contribution is 2.37. The summed E-state index contributed by atoms with van der Waals surface area (Å²) in [6.45, 7) is 0.843. The van der Waals surface area contributed by atoms with E-state index >= 15 is 0 Å². The normalized spacial score (nSPS) is 18.4. The Morgan fingerprint density at radius 3 is 2.70 bits per heavy atom. The fourth-order valence-electron chi connectivity index (χ4n) is 1.92. The van der Waals surface area contributed by atoms with E-state index in [-0.39, 0.29) is 0 Å². The van der Waals surface area contributed by atoms with Gasteiger partial charge in [0.2, 0.25) is 5.16 Å². The third kappa shape index (κ3) is 2.80. The lowest BCUT2D eigenvalue weighted by atomic mass is 10.3. The van der Waals surface area contributed by atoms with E-state index in [9.17, 15) is 0 Å². The van der Waals surface area contributed by atoms with E-state index in [4.69, 9.17) is 0 Å². The number of hydrogen-bond donors (Lipinski definition) is 1. The van der Waals surface area contributed by atoms with Gasteiger partial charge in [-0.05, 0) is 47.9 Å². The van der Waals surface area contributed by atoms with Crippen molar-refractivity contribution in [2.24, 2.45) is 0 Å². The number of tetrazole rings is 1. The summed E-state index contributed by atoms with van der Waals surface area (Å²) >= 11 is 1.42. The molecule has 2 aromatic heterocycles. The van der Waals surface area contributed by atoms with Crippen LogP contribution in [-0.2, 0) is 6.54 Å². The van der Waals surface area contributed by atoms with Crippen LogP contribution in [0.15, 0.2) is 22.7 Å². The second-order valence-electron chi connectivity index (χ2n) is 5.27. The SMILES string of the molecule is c1nc(Sc2nnnn2C2CC2)ncc1CNC1CC1. The molecule has 8 heteroatoms. The van der Waals surface area contributed by atoms with Crippen molar-refractivity contribution in [1.82, 2.24) is 35.5 Å². The van der Waals surface area contributed by atoms with E-state index in [1.165, 1.54) is 24.6 Å². The quantitative estimate of drug-likeness (QED) is 0.800. The molecule has 2 aliphatic rings. The molecule has 7 nitrogen and oxygen atoms in total. The van der Waals surface area contributed by atoms with Crippen molar-refractivity contribution in [3.8, 4) is 0 Å². The van der Waals surface area contributed by atoms with Gasteiger partial charge in [-0.15, -0.1) is 5.10 Å². The molecule has 4 rings (SSSR count). The van der Waals surface area contributed by atoms with Gasteiger partial charge >= 0.3 is 0 Å². The Kier molecular flexibility index (Phi) is 3.12. The molecule has 2 fully saturated rings. The molecule has 0 spiro atoms. The number of nitrogens with zero attached hydrogens (tertiary/aromatic N) is 6. The van der Waals surface area contributed by atoms with E-state index in [0.717, 1.165) is 30.1 Å². The fraction of sp³-hybridized carbons (Fsp3) is 0.583. The van der Waals surface area contributed by atoms with E-state index in [1.807, 2.05) is 17.1 Å². The maximum atomic E-state index is 4.38. The second-order valence-corrected chi connectivity index (χ2v) is 6.20. The molecule has 0 aliphatic heterocycles. The van der Waals surface area contributed by atoms with Gasteiger partial charge in [0, 0.05) is 30.5 Å². The lowest BCUT2D eigenvalue weighted by molar-refractivity contribution is 0.565. The Morgan fingerprint density at radius 2 is 2.00 bits per heavy atom. The van der Waals surface area contributed by atoms with Gasteiger partial charge in [-0.3, -0.25) is 0 Å². The molecule has 0 amide bonds. The van der Waals surface area contributed by atoms with Crippen molar-refractivity contribution in [2.45, 2.75) is 54.6 Å². The minimum Gasteiger partial charge on any atom is -0.310 e. The van der Waals surface area contributed by atoms with E-state index in [1.54, 1.807) is 0 Å². The van der Waals surface area contributed by atoms with Crippen molar-refractivity contribution < 1.29 is 0 Å². The lowest BCUT2D eigenvalue weighted by Crippen LogP contribution is -2.15.